The topological polar surface area (TPSA) is 33.3 Å². The first-order valence-electron chi connectivity index (χ1n) is 6.81. The monoisotopic (exact) mass is 248 g/mol. The van der Waals surface area contributed by atoms with Gasteiger partial charge in [0.15, 0.2) is 0 Å². The second-order valence-electron chi connectivity index (χ2n) is 5.05. The van der Waals surface area contributed by atoms with E-state index in [4.69, 9.17) is 4.74 Å². The Labute approximate surface area is 110 Å². The summed E-state index contributed by atoms with van der Waals surface area (Å²) < 4.78 is 5.32. The second kappa shape index (κ2) is 6.21. The maximum Gasteiger partial charge on any atom is 0.121 e. The van der Waals surface area contributed by atoms with Crippen LogP contribution in [-0.2, 0) is 0 Å². The van der Waals surface area contributed by atoms with Gasteiger partial charge in [0.05, 0.1) is 7.11 Å². The molecule has 0 spiro atoms. The van der Waals surface area contributed by atoms with Gasteiger partial charge >= 0.3 is 0 Å². The predicted molar refractivity (Wildman–Crippen MR) is 75.2 cm³/mol. The average molecular weight is 248 g/mol. The van der Waals surface area contributed by atoms with E-state index in [1.165, 1.54) is 30.4 Å². The zero-order valence-electron chi connectivity index (χ0n) is 11.6. The van der Waals surface area contributed by atoms with Gasteiger partial charge in [0.25, 0.3) is 0 Å². The molecule has 1 fully saturated rings. The number of rotatable bonds is 4. The molecule has 3 nitrogen and oxygen atoms in total. The highest BCUT2D eigenvalue weighted by atomic mass is 16.5. The first kappa shape index (κ1) is 13.4. The highest BCUT2D eigenvalue weighted by molar-refractivity contribution is 5.37. The predicted octanol–water partition coefficient (Wildman–Crippen LogP) is 2.41. The number of benzene rings is 1. The fourth-order valence-electron chi connectivity index (χ4n) is 2.86. The molecule has 2 rings (SSSR count). The van der Waals surface area contributed by atoms with Crippen molar-refractivity contribution in [1.82, 2.24) is 10.6 Å². The van der Waals surface area contributed by atoms with Crippen LogP contribution in [0.3, 0.4) is 0 Å². The van der Waals surface area contributed by atoms with Crippen LogP contribution in [0.25, 0.3) is 0 Å². The van der Waals surface area contributed by atoms with Gasteiger partial charge in [0.2, 0.25) is 0 Å². The minimum atomic E-state index is 0.384. The molecule has 1 aliphatic heterocycles. The summed E-state index contributed by atoms with van der Waals surface area (Å²) in [7, 11) is 3.76. The number of hydrogen-bond acceptors (Lipinski definition) is 3. The summed E-state index contributed by atoms with van der Waals surface area (Å²) in [6.45, 7) is 3.24. The minimum absolute atomic E-state index is 0.384. The van der Waals surface area contributed by atoms with Crippen molar-refractivity contribution in [2.45, 2.75) is 38.3 Å². The van der Waals surface area contributed by atoms with E-state index in [-0.39, 0.29) is 0 Å². The van der Waals surface area contributed by atoms with Crippen LogP contribution < -0.4 is 15.4 Å². The van der Waals surface area contributed by atoms with E-state index in [2.05, 4.69) is 35.8 Å². The average Bonchev–Trinajstić information content (AvgIpc) is 2.41. The first-order valence-corrected chi connectivity index (χ1v) is 6.81. The van der Waals surface area contributed by atoms with Crippen molar-refractivity contribution in [1.29, 1.82) is 0 Å². The van der Waals surface area contributed by atoms with Crippen LogP contribution in [0.4, 0.5) is 0 Å². The Morgan fingerprint density at radius 1 is 1.39 bits per heavy atom. The molecular formula is C15H24N2O. The summed E-state index contributed by atoms with van der Waals surface area (Å²) in [6, 6.07) is 7.39. The van der Waals surface area contributed by atoms with E-state index in [0.717, 1.165) is 12.3 Å². The van der Waals surface area contributed by atoms with E-state index in [9.17, 15) is 0 Å². The molecule has 2 unspecified atom stereocenters. The van der Waals surface area contributed by atoms with E-state index in [1.807, 2.05) is 7.05 Å². The largest absolute Gasteiger partial charge is 0.496 e. The van der Waals surface area contributed by atoms with Crippen molar-refractivity contribution in [3.05, 3.63) is 29.3 Å². The molecule has 0 aliphatic carbocycles. The molecule has 0 amide bonds. The Morgan fingerprint density at radius 3 is 2.78 bits per heavy atom. The third kappa shape index (κ3) is 2.85. The molecule has 18 heavy (non-hydrogen) atoms. The highest BCUT2D eigenvalue weighted by Crippen LogP contribution is 2.26. The molecule has 100 valence electrons. The van der Waals surface area contributed by atoms with Crippen LogP contribution in [0.5, 0.6) is 5.75 Å². The normalized spacial score (nSPS) is 21.6. The molecule has 1 aliphatic rings. The standard InChI is InChI=1S/C15H24N2O/c1-11-10-12(7-8-14(11)18-3)15(16-2)13-6-4-5-9-17-13/h7-8,10,13,15-17H,4-6,9H2,1-3H3. The summed E-state index contributed by atoms with van der Waals surface area (Å²) in [5.74, 6) is 0.963. The van der Waals surface area contributed by atoms with Crippen molar-refractivity contribution in [2.24, 2.45) is 0 Å². The van der Waals surface area contributed by atoms with E-state index in [0.29, 0.717) is 12.1 Å². The summed E-state index contributed by atoms with van der Waals surface area (Å²) >= 11 is 0. The highest BCUT2D eigenvalue weighted by Gasteiger charge is 2.23. The molecule has 2 atom stereocenters. The number of likely N-dealkylation sites (N-methyl/N-ethyl adjacent to an activating group) is 1. The zero-order valence-corrected chi connectivity index (χ0v) is 11.6. The fraction of sp³-hybridized carbons (Fsp3) is 0.600. The van der Waals surface area contributed by atoms with E-state index in [1.54, 1.807) is 7.11 Å². The molecule has 1 saturated heterocycles. The van der Waals surface area contributed by atoms with Crippen LogP contribution in [0.1, 0.15) is 36.4 Å². The summed E-state index contributed by atoms with van der Waals surface area (Å²) in [5.41, 5.74) is 2.54. The lowest BCUT2D eigenvalue weighted by Gasteiger charge is -2.31. The molecule has 0 saturated carbocycles. The zero-order chi connectivity index (χ0) is 13.0. The molecular weight excluding hydrogens is 224 g/mol. The molecule has 1 aromatic carbocycles. The van der Waals surface area contributed by atoms with Crippen LogP contribution >= 0.6 is 0 Å². The van der Waals surface area contributed by atoms with Crippen LogP contribution in [-0.4, -0.2) is 26.7 Å². The van der Waals surface area contributed by atoms with Crippen molar-refractivity contribution in [2.75, 3.05) is 20.7 Å². The van der Waals surface area contributed by atoms with Crippen LogP contribution in [0, 0.1) is 6.92 Å². The maximum absolute atomic E-state index is 5.32. The van der Waals surface area contributed by atoms with Gasteiger partial charge in [-0.05, 0) is 50.6 Å². The number of piperidine rings is 1. The Hall–Kier alpha value is -1.06. The van der Waals surface area contributed by atoms with Crippen LogP contribution in [0.2, 0.25) is 0 Å². The van der Waals surface area contributed by atoms with Gasteiger partial charge in [-0.3, -0.25) is 0 Å². The quantitative estimate of drug-likeness (QED) is 0.858. The lowest BCUT2D eigenvalue weighted by atomic mass is 9.92. The second-order valence-corrected chi connectivity index (χ2v) is 5.05. The van der Waals surface area contributed by atoms with Gasteiger partial charge in [-0.2, -0.15) is 0 Å². The molecule has 0 radical (unpaired) electrons. The van der Waals surface area contributed by atoms with E-state index >= 15 is 0 Å². The van der Waals surface area contributed by atoms with Gasteiger partial charge in [-0.15, -0.1) is 0 Å². The number of aryl methyl sites for hydroxylation is 1. The first-order chi connectivity index (χ1) is 8.76. The van der Waals surface area contributed by atoms with Crippen molar-refractivity contribution in [3.8, 4) is 5.75 Å². The summed E-state index contributed by atoms with van der Waals surface area (Å²) in [5, 5.41) is 7.07. The Morgan fingerprint density at radius 2 is 2.22 bits per heavy atom. The SMILES string of the molecule is CNC(c1ccc(OC)c(C)c1)C1CCCCN1. The minimum Gasteiger partial charge on any atom is -0.496 e. The smallest absolute Gasteiger partial charge is 0.121 e. The molecule has 3 heteroatoms. The number of hydrogen-bond donors (Lipinski definition) is 2. The van der Waals surface area contributed by atoms with E-state index < -0.39 is 0 Å². The fourth-order valence-corrected chi connectivity index (χ4v) is 2.86. The molecule has 0 bridgehead atoms. The third-order valence-electron chi connectivity index (χ3n) is 3.84. The maximum atomic E-state index is 5.32. The lowest BCUT2D eigenvalue weighted by Crippen LogP contribution is -2.43. The van der Waals surface area contributed by atoms with Gasteiger partial charge < -0.3 is 15.4 Å². The Balaban J connectivity index is 2.18. The summed E-state index contributed by atoms with van der Waals surface area (Å²) in [4.78, 5) is 0. The Kier molecular flexibility index (Phi) is 4.61. The van der Waals surface area contributed by atoms with Gasteiger partial charge in [0, 0.05) is 12.1 Å². The van der Waals surface area contributed by atoms with Gasteiger partial charge in [-0.25, -0.2) is 0 Å². The summed E-state index contributed by atoms with van der Waals surface area (Å²) in [6.07, 6.45) is 3.87. The Bertz CT molecular complexity index is 386. The number of ether oxygens (including phenoxy) is 1. The molecule has 0 aromatic heterocycles. The van der Waals surface area contributed by atoms with Crippen molar-refractivity contribution >= 4 is 0 Å². The molecule has 1 heterocycles. The number of nitrogens with one attached hydrogen (secondary N) is 2. The third-order valence-corrected chi connectivity index (χ3v) is 3.84. The molecule has 2 N–H and O–H groups in total. The van der Waals surface area contributed by atoms with Gasteiger partial charge in [-0.1, -0.05) is 18.6 Å². The van der Waals surface area contributed by atoms with Crippen molar-refractivity contribution < 1.29 is 4.74 Å². The van der Waals surface area contributed by atoms with Gasteiger partial charge in [0.1, 0.15) is 5.75 Å². The number of methoxy groups -OCH3 is 1. The lowest BCUT2D eigenvalue weighted by molar-refractivity contribution is 0.326. The van der Waals surface area contributed by atoms with Crippen molar-refractivity contribution in [3.63, 3.8) is 0 Å². The molecule has 1 aromatic rings. The van der Waals surface area contributed by atoms with Crippen LogP contribution in [0.15, 0.2) is 18.2 Å².